The molecule has 70 heavy (non-hydrogen) atoms. The molecule has 3 amide bonds. The van der Waals surface area contributed by atoms with E-state index in [0.717, 1.165) is 79.7 Å². The lowest BCUT2D eigenvalue weighted by Crippen LogP contribution is -2.57. The van der Waals surface area contributed by atoms with Gasteiger partial charge in [-0.15, -0.1) is 11.3 Å². The first-order valence-electron chi connectivity index (χ1n) is 25.3. The fraction of sp³-hybridized carbons (Fsp3) is 0.556. The van der Waals surface area contributed by atoms with Crippen molar-refractivity contribution >= 4 is 46.4 Å². The highest BCUT2D eigenvalue weighted by Gasteiger charge is 2.44. The number of unbranched alkanes of at least 4 members (excludes halogenated alkanes) is 5. The smallest absolute Gasteiger partial charge is 0.243 e. The summed E-state index contributed by atoms with van der Waals surface area (Å²) in [5.41, 5.74) is 7.22. The van der Waals surface area contributed by atoms with Crippen molar-refractivity contribution in [2.45, 2.75) is 149 Å². The Kier molecular flexibility index (Phi) is 18.4. The Morgan fingerprint density at radius 2 is 1.59 bits per heavy atom. The summed E-state index contributed by atoms with van der Waals surface area (Å²) in [7, 11) is 0. The second-order valence-electron chi connectivity index (χ2n) is 20.7. The minimum atomic E-state index is -0.819. The molecule has 2 aromatic heterocycles. The maximum absolute atomic E-state index is 14.1. The van der Waals surface area contributed by atoms with E-state index >= 15 is 0 Å². The lowest BCUT2D eigenvalue weighted by molar-refractivity contribution is -0.146. The molecule has 15 nitrogen and oxygen atoms in total. The van der Waals surface area contributed by atoms with Crippen LogP contribution in [0.15, 0.2) is 66.4 Å². The van der Waals surface area contributed by atoms with Gasteiger partial charge in [0.1, 0.15) is 29.7 Å². The summed E-state index contributed by atoms with van der Waals surface area (Å²) in [4.78, 5) is 86.2. The van der Waals surface area contributed by atoms with Crippen LogP contribution in [-0.2, 0) is 38.7 Å². The summed E-state index contributed by atoms with van der Waals surface area (Å²) in [6, 6.07) is 17.2. The number of carbonyl (C=O) groups is 5. The number of hydrogen-bond donors (Lipinski definition) is 4. The molecule has 16 heteroatoms. The van der Waals surface area contributed by atoms with Crippen molar-refractivity contribution in [2.24, 2.45) is 11.3 Å². The zero-order valence-corrected chi connectivity index (χ0v) is 42.2. The number of hydrogen-bond acceptors (Lipinski definition) is 13. The summed E-state index contributed by atoms with van der Waals surface area (Å²) >= 11 is 1.58. The van der Waals surface area contributed by atoms with E-state index in [1.54, 1.807) is 17.4 Å². The average Bonchev–Trinajstić information content (AvgIpc) is 3.95. The number of aliphatic hydroxyl groups is 2. The quantitative estimate of drug-likeness (QED) is 0.0418. The first kappa shape index (κ1) is 52.4. The molecule has 376 valence electrons. The number of amides is 3. The number of β-amino-alcohol motifs (C(OH)–C–C–N with tert-alkyl or cyclic N) is 2. The zero-order chi connectivity index (χ0) is 49.8. The average molecular weight is 977 g/mol. The number of aromatic nitrogens is 3. The molecule has 2 fully saturated rings. The molecule has 0 saturated carbocycles. The molecule has 2 aromatic carbocycles. The number of aryl methyl sites for hydroxylation is 1. The zero-order valence-electron chi connectivity index (χ0n) is 41.4. The van der Waals surface area contributed by atoms with E-state index in [4.69, 9.17) is 0 Å². The number of likely N-dealkylation sites (tertiary alicyclic amines) is 2. The van der Waals surface area contributed by atoms with Gasteiger partial charge in [-0.3, -0.25) is 28.9 Å². The van der Waals surface area contributed by atoms with Gasteiger partial charge in [-0.05, 0) is 60.3 Å². The molecule has 0 unspecified atom stereocenters. The largest absolute Gasteiger partial charge is 0.392 e. The Morgan fingerprint density at radius 3 is 2.30 bits per heavy atom. The van der Waals surface area contributed by atoms with Crippen LogP contribution < -0.4 is 10.6 Å². The number of rotatable bonds is 24. The van der Waals surface area contributed by atoms with Crippen LogP contribution >= 0.6 is 11.3 Å². The highest BCUT2D eigenvalue weighted by atomic mass is 32.1. The van der Waals surface area contributed by atoms with E-state index in [1.165, 1.54) is 22.4 Å². The fourth-order valence-corrected chi connectivity index (χ4v) is 10.6. The molecule has 4 N–H and O–H groups in total. The molecule has 0 bridgehead atoms. The van der Waals surface area contributed by atoms with Crippen LogP contribution in [0.1, 0.15) is 131 Å². The van der Waals surface area contributed by atoms with Crippen molar-refractivity contribution in [1.82, 2.24) is 35.0 Å². The van der Waals surface area contributed by atoms with Crippen LogP contribution in [0.3, 0.4) is 0 Å². The van der Waals surface area contributed by atoms with Crippen molar-refractivity contribution < 1.29 is 34.2 Å². The van der Waals surface area contributed by atoms with Crippen LogP contribution in [0.25, 0.3) is 10.4 Å². The SMILES string of the molecule is Cc1ncsc1-c1ccc(CNC(=O)[C@@H]2C[C@@H](O)CN2C(=O)[C@@H](CC(=O)CCCCCCCCC(=O)N2CC(Nc3cc(C(=O)CC[C@H](O)CN4CCc5ccccc5C4)ncn3)C2)C(C)(C)C)cc1. The van der Waals surface area contributed by atoms with E-state index in [0.29, 0.717) is 50.4 Å². The number of nitrogens with zero attached hydrogens (tertiary/aromatic N) is 6. The molecule has 3 aliphatic heterocycles. The molecule has 0 radical (unpaired) electrons. The minimum Gasteiger partial charge on any atom is -0.392 e. The van der Waals surface area contributed by atoms with Crippen molar-refractivity contribution in [3.8, 4) is 10.4 Å². The number of fused-ring (bicyclic) bond motifs is 1. The third-order valence-corrected chi connectivity index (χ3v) is 15.1. The van der Waals surface area contributed by atoms with E-state index in [2.05, 4.69) is 48.7 Å². The monoisotopic (exact) mass is 977 g/mol. The lowest BCUT2D eigenvalue weighted by Gasteiger charge is -2.40. The van der Waals surface area contributed by atoms with E-state index in [9.17, 15) is 34.2 Å². The number of thiazole rings is 1. The van der Waals surface area contributed by atoms with Crippen molar-refractivity contribution in [2.75, 3.05) is 38.0 Å². The summed E-state index contributed by atoms with van der Waals surface area (Å²) < 4.78 is 0. The molecular weight excluding hydrogens is 905 g/mol. The van der Waals surface area contributed by atoms with Gasteiger partial charge < -0.3 is 30.6 Å². The molecule has 4 atom stereocenters. The maximum Gasteiger partial charge on any atom is 0.243 e. The van der Waals surface area contributed by atoms with Gasteiger partial charge in [-0.2, -0.15) is 0 Å². The summed E-state index contributed by atoms with van der Waals surface area (Å²) in [6.07, 6.45) is 7.81. The first-order chi connectivity index (χ1) is 33.6. The molecule has 5 heterocycles. The summed E-state index contributed by atoms with van der Waals surface area (Å²) in [5, 5.41) is 27.6. The highest BCUT2D eigenvalue weighted by Crippen LogP contribution is 2.34. The van der Waals surface area contributed by atoms with E-state index in [-0.39, 0.29) is 67.7 Å². The third kappa shape index (κ3) is 14.6. The minimum absolute atomic E-state index is 0.0228. The summed E-state index contributed by atoms with van der Waals surface area (Å²) in [5.74, 6) is -0.660. The predicted molar refractivity (Wildman–Crippen MR) is 271 cm³/mol. The van der Waals surface area contributed by atoms with E-state index < -0.39 is 29.6 Å². The Morgan fingerprint density at radius 1 is 0.871 bits per heavy atom. The molecule has 3 aliphatic rings. The second-order valence-corrected chi connectivity index (χ2v) is 21.5. The molecule has 2 saturated heterocycles. The van der Waals surface area contributed by atoms with Crippen LogP contribution in [0.4, 0.5) is 5.82 Å². The topological polar surface area (TPSA) is 198 Å². The number of nitrogens with one attached hydrogen (secondary N) is 2. The maximum atomic E-state index is 14.1. The van der Waals surface area contributed by atoms with Gasteiger partial charge >= 0.3 is 0 Å². The number of anilines is 1. The number of carbonyl (C=O) groups excluding carboxylic acids is 5. The molecule has 0 aliphatic carbocycles. The molecular formula is C54H72N8O7S. The van der Waals surface area contributed by atoms with Gasteiger partial charge in [0.2, 0.25) is 17.7 Å². The van der Waals surface area contributed by atoms with Gasteiger partial charge in [-0.25, -0.2) is 15.0 Å². The van der Waals surface area contributed by atoms with Crippen LogP contribution in [0.2, 0.25) is 0 Å². The fourth-order valence-electron chi connectivity index (χ4n) is 9.82. The highest BCUT2D eigenvalue weighted by molar-refractivity contribution is 7.13. The van der Waals surface area contributed by atoms with Gasteiger partial charge in [0, 0.05) is 89.9 Å². The molecule has 0 spiro atoms. The third-order valence-electron chi connectivity index (χ3n) is 14.1. The van der Waals surface area contributed by atoms with Crippen molar-refractivity contribution in [3.63, 3.8) is 0 Å². The van der Waals surface area contributed by atoms with Gasteiger partial charge in [0.15, 0.2) is 5.78 Å². The van der Waals surface area contributed by atoms with E-state index in [1.807, 2.05) is 68.4 Å². The van der Waals surface area contributed by atoms with Crippen molar-refractivity contribution in [3.05, 3.63) is 94.5 Å². The van der Waals surface area contributed by atoms with Gasteiger partial charge in [-0.1, -0.05) is 95.0 Å². The Balaban J connectivity index is 0.737. The van der Waals surface area contributed by atoms with Gasteiger partial charge in [0.25, 0.3) is 0 Å². The predicted octanol–water partition coefficient (Wildman–Crippen LogP) is 6.93. The van der Waals surface area contributed by atoms with Crippen LogP contribution in [0.5, 0.6) is 0 Å². The second kappa shape index (κ2) is 24.6. The number of ketones is 2. The van der Waals surface area contributed by atoms with Crippen molar-refractivity contribution in [1.29, 1.82) is 0 Å². The molecule has 7 rings (SSSR count). The standard InChI is InChI=1S/C54H72N8O7S/c1-36-51(70-35-58-36)39-19-17-37(18-20-39)28-55-52(68)47-26-44(65)33-62(47)53(69)45(54(2,3)4)25-42(63)15-9-7-5-6-8-10-16-50(67)61-30-41(31-61)59-49-27-46(56-34-57-49)48(66)22-21-43(64)32-60-24-23-38-13-11-12-14-40(38)29-60/h11-14,17-20,27,34-35,41,43-45,47,64-65H,5-10,15-16,21-26,28-33H2,1-4H3,(H,55,68)(H,56,57,59)/t43-,44+,45+,47-/m0/s1. The Labute approximate surface area is 416 Å². The van der Waals surface area contributed by atoms with Crippen LogP contribution in [0, 0.1) is 18.3 Å². The van der Waals surface area contributed by atoms with Crippen LogP contribution in [-0.4, -0.2) is 126 Å². The lowest BCUT2D eigenvalue weighted by atomic mass is 9.76. The number of Topliss-reactive ketones (excluding diaryl/α,β-unsaturated/α-hetero) is 2. The molecule has 4 aromatic rings. The van der Waals surface area contributed by atoms with Gasteiger partial charge in [0.05, 0.1) is 34.3 Å². The normalized spacial score (nSPS) is 18.2. The Hall–Kier alpha value is -5.42. The number of benzene rings is 2. The summed E-state index contributed by atoms with van der Waals surface area (Å²) in [6.45, 7) is 11.5. The Bertz CT molecular complexity index is 2410. The number of aliphatic hydroxyl groups excluding tert-OH is 2. The first-order valence-corrected chi connectivity index (χ1v) is 26.1.